The fraction of sp³-hybridized carbons (Fsp3) is 0.308. The van der Waals surface area contributed by atoms with E-state index in [1.54, 1.807) is 12.1 Å². The van der Waals surface area contributed by atoms with Crippen LogP contribution >= 0.6 is 0 Å². The van der Waals surface area contributed by atoms with E-state index in [1.165, 1.54) is 12.1 Å². The van der Waals surface area contributed by atoms with Gasteiger partial charge in [-0.15, -0.1) is 0 Å². The quantitative estimate of drug-likeness (QED) is 0.837. The van der Waals surface area contributed by atoms with Crippen LogP contribution < -0.4 is 4.74 Å². The maximum absolute atomic E-state index is 12.0. The standard InChI is InChI=1S/C13H12F2N2O/c14-13(15)18-10-5-3-9(4-6-10)11-8-17-7-1-2-12(17)16-11/h3-6,8,13H,1-2,7H2. The summed E-state index contributed by atoms with van der Waals surface area (Å²) in [5, 5.41) is 0. The van der Waals surface area contributed by atoms with Crippen LogP contribution in [0.1, 0.15) is 12.2 Å². The Morgan fingerprint density at radius 3 is 2.67 bits per heavy atom. The number of imidazole rings is 1. The summed E-state index contributed by atoms with van der Waals surface area (Å²) in [6, 6.07) is 6.56. The Balaban J connectivity index is 1.83. The van der Waals surface area contributed by atoms with Crippen molar-refractivity contribution >= 4 is 0 Å². The predicted octanol–water partition coefficient (Wildman–Crippen LogP) is 3.10. The molecule has 0 atom stereocenters. The highest BCUT2D eigenvalue weighted by Crippen LogP contribution is 2.25. The zero-order chi connectivity index (χ0) is 12.5. The molecule has 1 aromatic carbocycles. The Morgan fingerprint density at radius 2 is 2.00 bits per heavy atom. The van der Waals surface area contributed by atoms with Crippen molar-refractivity contribution in [3.63, 3.8) is 0 Å². The fourth-order valence-electron chi connectivity index (χ4n) is 2.20. The van der Waals surface area contributed by atoms with Gasteiger partial charge in [0.25, 0.3) is 0 Å². The van der Waals surface area contributed by atoms with E-state index < -0.39 is 6.61 Å². The maximum Gasteiger partial charge on any atom is 0.387 e. The van der Waals surface area contributed by atoms with Gasteiger partial charge in [0.2, 0.25) is 0 Å². The number of hydrogen-bond donors (Lipinski definition) is 0. The van der Waals surface area contributed by atoms with Gasteiger partial charge in [-0.3, -0.25) is 0 Å². The van der Waals surface area contributed by atoms with E-state index in [1.807, 2.05) is 6.20 Å². The van der Waals surface area contributed by atoms with Crippen LogP contribution in [0.2, 0.25) is 0 Å². The third-order valence-electron chi connectivity index (χ3n) is 3.03. The Morgan fingerprint density at radius 1 is 1.22 bits per heavy atom. The average molecular weight is 250 g/mol. The highest BCUT2D eigenvalue weighted by atomic mass is 19.3. The highest BCUT2D eigenvalue weighted by Gasteiger charge is 2.14. The van der Waals surface area contributed by atoms with Crippen LogP contribution in [0.25, 0.3) is 11.3 Å². The maximum atomic E-state index is 12.0. The normalized spacial score (nSPS) is 13.9. The zero-order valence-corrected chi connectivity index (χ0v) is 9.64. The van der Waals surface area contributed by atoms with E-state index in [2.05, 4.69) is 14.3 Å². The van der Waals surface area contributed by atoms with Crippen molar-refractivity contribution in [2.75, 3.05) is 0 Å². The molecule has 1 aromatic heterocycles. The Bertz CT molecular complexity index is 527. The zero-order valence-electron chi connectivity index (χ0n) is 9.64. The average Bonchev–Trinajstić information content (AvgIpc) is 2.89. The van der Waals surface area contributed by atoms with E-state index in [0.717, 1.165) is 36.5 Å². The molecule has 0 amide bonds. The molecule has 3 nitrogen and oxygen atoms in total. The molecule has 0 aliphatic carbocycles. The molecule has 1 aliphatic rings. The summed E-state index contributed by atoms with van der Waals surface area (Å²) in [5.41, 5.74) is 1.80. The third kappa shape index (κ3) is 2.08. The fourth-order valence-corrected chi connectivity index (χ4v) is 2.20. The lowest BCUT2D eigenvalue weighted by atomic mass is 10.1. The molecule has 18 heavy (non-hydrogen) atoms. The number of halogens is 2. The smallest absolute Gasteiger partial charge is 0.387 e. The minimum atomic E-state index is -2.78. The van der Waals surface area contributed by atoms with Gasteiger partial charge in [-0.1, -0.05) is 0 Å². The molecular weight excluding hydrogens is 238 g/mol. The summed E-state index contributed by atoms with van der Waals surface area (Å²) in [6.07, 6.45) is 4.15. The first-order valence-corrected chi connectivity index (χ1v) is 5.84. The summed E-state index contributed by atoms with van der Waals surface area (Å²) in [7, 11) is 0. The lowest BCUT2D eigenvalue weighted by Gasteiger charge is -2.04. The largest absolute Gasteiger partial charge is 0.435 e. The molecule has 0 N–H and O–H groups in total. The minimum absolute atomic E-state index is 0.167. The number of fused-ring (bicyclic) bond motifs is 1. The van der Waals surface area contributed by atoms with Gasteiger partial charge in [0.1, 0.15) is 11.6 Å². The van der Waals surface area contributed by atoms with E-state index in [0.29, 0.717) is 0 Å². The predicted molar refractivity (Wildman–Crippen MR) is 62.6 cm³/mol. The van der Waals surface area contributed by atoms with Gasteiger partial charge in [-0.25, -0.2) is 4.98 Å². The first-order chi connectivity index (χ1) is 8.72. The van der Waals surface area contributed by atoms with E-state index in [-0.39, 0.29) is 5.75 Å². The summed E-state index contributed by atoms with van der Waals surface area (Å²) in [6.45, 7) is -1.78. The van der Waals surface area contributed by atoms with Crippen molar-refractivity contribution in [3.05, 3.63) is 36.3 Å². The molecule has 0 radical (unpaired) electrons. The van der Waals surface area contributed by atoms with E-state index in [9.17, 15) is 8.78 Å². The van der Waals surface area contributed by atoms with Crippen molar-refractivity contribution in [3.8, 4) is 17.0 Å². The SMILES string of the molecule is FC(F)Oc1ccc(-c2cn3c(n2)CCC3)cc1. The Hall–Kier alpha value is -1.91. The molecule has 0 bridgehead atoms. The number of ether oxygens (including phenoxy) is 1. The second-order valence-corrected chi connectivity index (χ2v) is 4.24. The molecule has 5 heteroatoms. The Kier molecular flexibility index (Phi) is 2.74. The molecule has 2 aromatic rings. The van der Waals surface area contributed by atoms with Crippen LogP contribution in [0.15, 0.2) is 30.5 Å². The number of nitrogens with zero attached hydrogens (tertiary/aromatic N) is 2. The van der Waals surface area contributed by atoms with Crippen LogP contribution in [0.3, 0.4) is 0 Å². The molecule has 1 aliphatic heterocycles. The number of aryl methyl sites for hydroxylation is 2. The molecular formula is C13H12F2N2O. The van der Waals surface area contributed by atoms with Crippen LogP contribution in [0, 0.1) is 0 Å². The molecule has 94 valence electrons. The van der Waals surface area contributed by atoms with Crippen LogP contribution in [0.5, 0.6) is 5.75 Å². The van der Waals surface area contributed by atoms with Crippen molar-refractivity contribution < 1.29 is 13.5 Å². The second kappa shape index (κ2) is 4.40. The Labute approximate surface area is 103 Å². The topological polar surface area (TPSA) is 27.1 Å². The van der Waals surface area contributed by atoms with E-state index in [4.69, 9.17) is 0 Å². The molecule has 0 spiro atoms. The molecule has 0 unspecified atom stereocenters. The summed E-state index contributed by atoms with van der Waals surface area (Å²) in [5.74, 6) is 1.26. The van der Waals surface area contributed by atoms with Crippen LogP contribution in [-0.4, -0.2) is 16.2 Å². The van der Waals surface area contributed by atoms with Crippen LogP contribution in [0.4, 0.5) is 8.78 Å². The van der Waals surface area contributed by atoms with Gasteiger partial charge < -0.3 is 9.30 Å². The highest BCUT2D eigenvalue weighted by molar-refractivity contribution is 5.59. The summed E-state index contributed by atoms with van der Waals surface area (Å²) < 4.78 is 30.5. The summed E-state index contributed by atoms with van der Waals surface area (Å²) >= 11 is 0. The van der Waals surface area contributed by atoms with Gasteiger partial charge in [-0.2, -0.15) is 8.78 Å². The second-order valence-electron chi connectivity index (χ2n) is 4.24. The van der Waals surface area contributed by atoms with Gasteiger partial charge in [-0.05, 0) is 30.7 Å². The van der Waals surface area contributed by atoms with Gasteiger partial charge in [0, 0.05) is 24.7 Å². The number of aromatic nitrogens is 2. The molecule has 2 heterocycles. The van der Waals surface area contributed by atoms with Crippen molar-refractivity contribution in [2.45, 2.75) is 26.0 Å². The van der Waals surface area contributed by atoms with Crippen molar-refractivity contribution in [2.24, 2.45) is 0 Å². The first-order valence-electron chi connectivity index (χ1n) is 5.84. The van der Waals surface area contributed by atoms with Crippen molar-refractivity contribution in [1.82, 2.24) is 9.55 Å². The third-order valence-corrected chi connectivity index (χ3v) is 3.03. The molecule has 3 rings (SSSR count). The number of alkyl halides is 2. The van der Waals surface area contributed by atoms with E-state index >= 15 is 0 Å². The number of benzene rings is 1. The van der Waals surface area contributed by atoms with Crippen molar-refractivity contribution in [1.29, 1.82) is 0 Å². The lowest BCUT2D eigenvalue weighted by Crippen LogP contribution is -2.01. The number of rotatable bonds is 3. The summed E-state index contributed by atoms with van der Waals surface area (Å²) in [4.78, 5) is 4.53. The molecule has 0 fully saturated rings. The molecule has 0 saturated carbocycles. The molecule has 0 saturated heterocycles. The monoisotopic (exact) mass is 250 g/mol. The minimum Gasteiger partial charge on any atom is -0.435 e. The lowest BCUT2D eigenvalue weighted by molar-refractivity contribution is -0.0498. The first kappa shape index (κ1) is 11.2. The van der Waals surface area contributed by atoms with Gasteiger partial charge in [0.05, 0.1) is 5.69 Å². The van der Waals surface area contributed by atoms with Crippen LogP contribution in [-0.2, 0) is 13.0 Å². The number of hydrogen-bond acceptors (Lipinski definition) is 2. The van der Waals surface area contributed by atoms with Gasteiger partial charge >= 0.3 is 6.61 Å². The van der Waals surface area contributed by atoms with Gasteiger partial charge in [0.15, 0.2) is 0 Å².